The minimum Gasteiger partial charge on any atom is -0.465 e. The van der Waals surface area contributed by atoms with Gasteiger partial charge in [0.05, 0.1) is 32.5 Å². The smallest absolute Gasteiger partial charge is 0.117 e. The van der Waals surface area contributed by atoms with E-state index in [1.54, 1.807) is 0 Å². The Bertz CT molecular complexity index is 314. The zero-order valence-corrected chi connectivity index (χ0v) is 11.1. The van der Waals surface area contributed by atoms with Gasteiger partial charge in [0, 0.05) is 13.2 Å². The van der Waals surface area contributed by atoms with Crippen molar-refractivity contribution in [2.45, 2.75) is 26.5 Å². The van der Waals surface area contributed by atoms with E-state index < -0.39 is 6.10 Å². The van der Waals surface area contributed by atoms with Gasteiger partial charge in [0.1, 0.15) is 11.5 Å². The number of rotatable bonds is 10. The number of hydrogen-bond acceptors (Lipinski definition) is 5. The lowest BCUT2D eigenvalue weighted by atomic mass is 10.3. The number of aliphatic hydroxyl groups excluding tert-OH is 1. The monoisotopic (exact) mass is 257 g/mol. The molecule has 5 nitrogen and oxygen atoms in total. The molecule has 1 aromatic rings. The number of aryl methyl sites for hydroxylation is 1. The highest BCUT2D eigenvalue weighted by Gasteiger charge is 2.04. The van der Waals surface area contributed by atoms with Gasteiger partial charge >= 0.3 is 0 Å². The molecule has 18 heavy (non-hydrogen) atoms. The molecule has 0 amide bonds. The van der Waals surface area contributed by atoms with Crippen LogP contribution in [0.15, 0.2) is 16.5 Å². The van der Waals surface area contributed by atoms with Crippen molar-refractivity contribution in [1.29, 1.82) is 0 Å². The van der Waals surface area contributed by atoms with Crippen molar-refractivity contribution in [1.82, 2.24) is 5.32 Å². The van der Waals surface area contributed by atoms with Crippen LogP contribution in [0, 0.1) is 6.92 Å². The van der Waals surface area contributed by atoms with Gasteiger partial charge in [-0.2, -0.15) is 0 Å². The zero-order chi connectivity index (χ0) is 13.2. The fourth-order valence-electron chi connectivity index (χ4n) is 1.48. The second-order valence-electron chi connectivity index (χ2n) is 4.07. The van der Waals surface area contributed by atoms with Crippen molar-refractivity contribution in [3.8, 4) is 0 Å². The van der Waals surface area contributed by atoms with Crippen LogP contribution in [0.1, 0.15) is 18.4 Å². The van der Waals surface area contributed by atoms with Gasteiger partial charge in [-0.3, -0.25) is 0 Å². The average molecular weight is 257 g/mol. The molecule has 0 saturated carbocycles. The van der Waals surface area contributed by atoms with Gasteiger partial charge in [0.2, 0.25) is 0 Å². The average Bonchev–Trinajstić information content (AvgIpc) is 2.75. The van der Waals surface area contributed by atoms with Crippen LogP contribution in [0.3, 0.4) is 0 Å². The maximum atomic E-state index is 9.63. The molecule has 2 N–H and O–H groups in total. The third-order valence-corrected chi connectivity index (χ3v) is 2.36. The van der Waals surface area contributed by atoms with Crippen LogP contribution < -0.4 is 5.32 Å². The molecule has 0 aliphatic rings. The molecule has 0 fully saturated rings. The van der Waals surface area contributed by atoms with E-state index in [2.05, 4.69) is 5.32 Å². The number of aliphatic hydroxyl groups is 1. The molecule has 0 saturated heterocycles. The molecule has 0 radical (unpaired) electrons. The molecule has 0 spiro atoms. The molecule has 5 heteroatoms. The number of ether oxygens (including phenoxy) is 2. The molecule has 1 rings (SSSR count). The van der Waals surface area contributed by atoms with Crippen molar-refractivity contribution in [3.05, 3.63) is 23.7 Å². The topological polar surface area (TPSA) is 63.9 Å². The van der Waals surface area contributed by atoms with Crippen LogP contribution in [0.4, 0.5) is 0 Å². The largest absolute Gasteiger partial charge is 0.465 e. The summed E-state index contributed by atoms with van der Waals surface area (Å²) < 4.78 is 15.8. The molecule has 1 aromatic heterocycles. The van der Waals surface area contributed by atoms with E-state index in [1.807, 2.05) is 26.0 Å². The summed E-state index contributed by atoms with van der Waals surface area (Å²) in [4.78, 5) is 0. The van der Waals surface area contributed by atoms with Crippen LogP contribution in [0.5, 0.6) is 0 Å². The van der Waals surface area contributed by atoms with Crippen molar-refractivity contribution in [3.63, 3.8) is 0 Å². The summed E-state index contributed by atoms with van der Waals surface area (Å²) in [6.45, 7) is 7.04. The van der Waals surface area contributed by atoms with Crippen molar-refractivity contribution in [2.24, 2.45) is 0 Å². The van der Waals surface area contributed by atoms with E-state index in [9.17, 15) is 5.11 Å². The number of furan rings is 1. The summed E-state index contributed by atoms with van der Waals surface area (Å²) in [5, 5.41) is 12.7. The Morgan fingerprint density at radius 1 is 1.33 bits per heavy atom. The Morgan fingerprint density at radius 3 is 2.78 bits per heavy atom. The molecule has 0 aliphatic carbocycles. The first kappa shape index (κ1) is 15.2. The SMILES string of the molecule is CCOCCOCC(O)CNCc1ccc(C)o1. The third kappa shape index (κ3) is 6.76. The van der Waals surface area contributed by atoms with E-state index >= 15 is 0 Å². The molecule has 0 aromatic carbocycles. The third-order valence-electron chi connectivity index (χ3n) is 2.36. The van der Waals surface area contributed by atoms with E-state index in [0.717, 1.165) is 11.5 Å². The first-order valence-electron chi connectivity index (χ1n) is 6.32. The highest BCUT2D eigenvalue weighted by atomic mass is 16.5. The minimum atomic E-state index is -0.511. The summed E-state index contributed by atoms with van der Waals surface area (Å²) in [7, 11) is 0. The van der Waals surface area contributed by atoms with Gasteiger partial charge in [-0.05, 0) is 26.0 Å². The fourth-order valence-corrected chi connectivity index (χ4v) is 1.48. The van der Waals surface area contributed by atoms with Gasteiger partial charge in [0.25, 0.3) is 0 Å². The molecule has 0 aliphatic heterocycles. The van der Waals surface area contributed by atoms with Crippen LogP contribution in [0.2, 0.25) is 0 Å². The predicted octanol–water partition coefficient (Wildman–Crippen LogP) is 1.09. The van der Waals surface area contributed by atoms with Crippen LogP contribution in [-0.2, 0) is 16.0 Å². The first-order chi connectivity index (χ1) is 8.72. The van der Waals surface area contributed by atoms with E-state index in [0.29, 0.717) is 39.5 Å². The van der Waals surface area contributed by atoms with Crippen molar-refractivity contribution in [2.75, 3.05) is 33.0 Å². The van der Waals surface area contributed by atoms with Gasteiger partial charge < -0.3 is 24.3 Å². The second-order valence-corrected chi connectivity index (χ2v) is 4.07. The van der Waals surface area contributed by atoms with Crippen LogP contribution in [-0.4, -0.2) is 44.2 Å². The Morgan fingerprint density at radius 2 is 2.11 bits per heavy atom. The van der Waals surface area contributed by atoms with Crippen molar-refractivity contribution < 1.29 is 19.0 Å². The Balaban J connectivity index is 1.98. The summed E-state index contributed by atoms with van der Waals surface area (Å²) in [5.74, 6) is 1.77. The van der Waals surface area contributed by atoms with Gasteiger partial charge in [-0.25, -0.2) is 0 Å². The lowest BCUT2D eigenvalue weighted by Crippen LogP contribution is -2.30. The quantitative estimate of drug-likeness (QED) is 0.614. The number of nitrogens with one attached hydrogen (secondary N) is 1. The molecule has 1 atom stereocenters. The molecule has 1 heterocycles. The minimum absolute atomic E-state index is 0.317. The molecule has 1 unspecified atom stereocenters. The zero-order valence-electron chi connectivity index (χ0n) is 11.1. The Labute approximate surface area is 108 Å². The lowest BCUT2D eigenvalue weighted by Gasteiger charge is -2.11. The summed E-state index contributed by atoms with van der Waals surface area (Å²) in [6.07, 6.45) is -0.511. The molecular weight excluding hydrogens is 234 g/mol. The van der Waals surface area contributed by atoms with E-state index in [1.165, 1.54) is 0 Å². The highest BCUT2D eigenvalue weighted by molar-refractivity contribution is 5.05. The van der Waals surface area contributed by atoms with E-state index in [-0.39, 0.29) is 0 Å². The number of hydrogen-bond donors (Lipinski definition) is 2. The van der Waals surface area contributed by atoms with Gasteiger partial charge in [0.15, 0.2) is 0 Å². The second kappa shape index (κ2) is 9.10. The van der Waals surface area contributed by atoms with Crippen LogP contribution in [0.25, 0.3) is 0 Å². The maximum Gasteiger partial charge on any atom is 0.117 e. The van der Waals surface area contributed by atoms with E-state index in [4.69, 9.17) is 13.9 Å². The van der Waals surface area contributed by atoms with Crippen molar-refractivity contribution >= 4 is 0 Å². The molecule has 0 bridgehead atoms. The van der Waals surface area contributed by atoms with Gasteiger partial charge in [-0.1, -0.05) is 0 Å². The molecule has 104 valence electrons. The predicted molar refractivity (Wildman–Crippen MR) is 68.5 cm³/mol. The lowest BCUT2D eigenvalue weighted by molar-refractivity contribution is 0.00632. The fraction of sp³-hybridized carbons (Fsp3) is 0.692. The normalized spacial score (nSPS) is 12.8. The standard InChI is InChI=1S/C13H23NO4/c1-3-16-6-7-17-10-12(15)8-14-9-13-5-4-11(2)18-13/h4-5,12,14-15H,3,6-10H2,1-2H3. The Hall–Kier alpha value is -0.880. The van der Waals surface area contributed by atoms with Crippen LogP contribution >= 0.6 is 0 Å². The Kier molecular flexibility index (Phi) is 7.68. The molecular formula is C13H23NO4. The maximum absolute atomic E-state index is 9.63. The summed E-state index contributed by atoms with van der Waals surface area (Å²) in [5.41, 5.74) is 0. The first-order valence-corrected chi connectivity index (χ1v) is 6.32. The summed E-state index contributed by atoms with van der Waals surface area (Å²) in [6, 6.07) is 3.84. The highest BCUT2D eigenvalue weighted by Crippen LogP contribution is 2.05. The van der Waals surface area contributed by atoms with Gasteiger partial charge in [-0.15, -0.1) is 0 Å². The summed E-state index contributed by atoms with van der Waals surface area (Å²) >= 11 is 0.